The number of nitrogens with zero attached hydrogens (tertiary/aromatic N) is 1. The fourth-order valence-corrected chi connectivity index (χ4v) is 4.72. The molecule has 3 rings (SSSR count). The highest BCUT2D eigenvalue weighted by Gasteiger charge is 2.42. The van der Waals surface area contributed by atoms with Gasteiger partial charge in [-0.1, -0.05) is 12.5 Å². The van der Waals surface area contributed by atoms with E-state index >= 15 is 0 Å². The van der Waals surface area contributed by atoms with Gasteiger partial charge in [0.25, 0.3) is 0 Å². The Morgan fingerprint density at radius 1 is 1.52 bits per heavy atom. The molecule has 1 saturated heterocycles. The highest BCUT2D eigenvalue weighted by Crippen LogP contribution is 2.37. The molecule has 4 unspecified atom stereocenters. The summed E-state index contributed by atoms with van der Waals surface area (Å²) in [5, 5.41) is 8.69. The summed E-state index contributed by atoms with van der Waals surface area (Å²) in [5.74, 6) is 1.47. The predicted molar refractivity (Wildman–Crippen MR) is 86.4 cm³/mol. The third kappa shape index (κ3) is 3.15. The Labute approximate surface area is 130 Å². The average molecular weight is 307 g/mol. The van der Waals surface area contributed by atoms with E-state index in [0.29, 0.717) is 12.5 Å². The molecule has 5 heteroatoms. The number of hydrogen-bond acceptors (Lipinski definition) is 4. The van der Waals surface area contributed by atoms with Crippen LogP contribution in [-0.2, 0) is 4.79 Å². The highest BCUT2D eigenvalue weighted by molar-refractivity contribution is 7.10. The van der Waals surface area contributed by atoms with E-state index in [1.165, 1.54) is 24.1 Å². The monoisotopic (exact) mass is 307 g/mol. The largest absolute Gasteiger partial charge is 0.353 e. The molecule has 116 valence electrons. The molecule has 0 bridgehead atoms. The van der Waals surface area contributed by atoms with E-state index in [-0.39, 0.29) is 18.0 Å². The van der Waals surface area contributed by atoms with Crippen molar-refractivity contribution in [1.82, 2.24) is 15.5 Å². The Kier molecular flexibility index (Phi) is 4.62. The summed E-state index contributed by atoms with van der Waals surface area (Å²) in [7, 11) is 4.13. The molecule has 0 radical (unpaired) electrons. The summed E-state index contributed by atoms with van der Waals surface area (Å²) < 4.78 is 0. The van der Waals surface area contributed by atoms with Crippen molar-refractivity contribution < 1.29 is 4.79 Å². The van der Waals surface area contributed by atoms with Crippen LogP contribution in [-0.4, -0.2) is 44.0 Å². The lowest BCUT2D eigenvalue weighted by Gasteiger charge is -2.25. The molecule has 1 aromatic heterocycles. The molecular weight excluding hydrogens is 282 g/mol. The average Bonchev–Trinajstić information content (AvgIpc) is 3.15. The second-order valence-electron chi connectivity index (χ2n) is 6.48. The maximum absolute atomic E-state index is 12.5. The summed E-state index contributed by atoms with van der Waals surface area (Å²) in [6, 6.07) is 4.50. The van der Waals surface area contributed by atoms with Crippen LogP contribution < -0.4 is 10.6 Å². The number of carbonyl (C=O) groups is 1. The first-order chi connectivity index (χ1) is 10.2. The Hall–Kier alpha value is -0.910. The molecule has 0 aromatic carbocycles. The number of nitrogens with one attached hydrogen (secondary N) is 2. The SMILES string of the molecule is CN(C)C(CNC(=O)C1NCC2CCCC21)c1cccs1. The van der Waals surface area contributed by atoms with Crippen molar-refractivity contribution in [3.8, 4) is 0 Å². The van der Waals surface area contributed by atoms with Crippen LogP contribution in [0.5, 0.6) is 0 Å². The van der Waals surface area contributed by atoms with Crippen molar-refractivity contribution >= 4 is 17.2 Å². The zero-order valence-corrected chi connectivity index (χ0v) is 13.7. The first-order valence-corrected chi connectivity index (χ1v) is 8.75. The van der Waals surface area contributed by atoms with Gasteiger partial charge in [-0.15, -0.1) is 11.3 Å². The van der Waals surface area contributed by atoms with Crippen LogP contribution in [0.2, 0.25) is 0 Å². The topological polar surface area (TPSA) is 44.4 Å². The Morgan fingerprint density at radius 3 is 3.10 bits per heavy atom. The first kappa shape index (κ1) is 15.0. The normalized spacial score (nSPS) is 29.6. The number of hydrogen-bond donors (Lipinski definition) is 2. The molecule has 1 amide bonds. The van der Waals surface area contributed by atoms with Crippen LogP contribution in [0.15, 0.2) is 17.5 Å². The first-order valence-electron chi connectivity index (χ1n) is 7.87. The molecule has 1 aliphatic heterocycles. The standard InChI is InChI=1S/C16H25N3OS/c1-19(2)13(14-7-4-8-21-14)10-18-16(20)15-12-6-3-5-11(12)9-17-15/h4,7-8,11-13,15,17H,3,5-6,9-10H2,1-2H3,(H,18,20). The van der Waals surface area contributed by atoms with Crippen molar-refractivity contribution in [3.05, 3.63) is 22.4 Å². The Morgan fingerprint density at radius 2 is 2.38 bits per heavy atom. The number of thiophene rings is 1. The Balaban J connectivity index is 1.57. The second-order valence-corrected chi connectivity index (χ2v) is 7.46. The quantitative estimate of drug-likeness (QED) is 0.873. The fraction of sp³-hybridized carbons (Fsp3) is 0.688. The van der Waals surface area contributed by atoms with Gasteiger partial charge in [-0.05, 0) is 56.8 Å². The summed E-state index contributed by atoms with van der Waals surface area (Å²) in [5.41, 5.74) is 0. The summed E-state index contributed by atoms with van der Waals surface area (Å²) >= 11 is 1.75. The molecule has 2 fully saturated rings. The molecule has 2 N–H and O–H groups in total. The van der Waals surface area contributed by atoms with E-state index < -0.39 is 0 Å². The van der Waals surface area contributed by atoms with E-state index in [4.69, 9.17) is 0 Å². The van der Waals surface area contributed by atoms with Crippen molar-refractivity contribution in [3.63, 3.8) is 0 Å². The van der Waals surface area contributed by atoms with Gasteiger partial charge in [-0.25, -0.2) is 0 Å². The van der Waals surface area contributed by atoms with Gasteiger partial charge >= 0.3 is 0 Å². The van der Waals surface area contributed by atoms with Gasteiger partial charge in [0.05, 0.1) is 12.1 Å². The molecule has 1 aromatic rings. The van der Waals surface area contributed by atoms with E-state index in [1.54, 1.807) is 11.3 Å². The third-order valence-electron chi connectivity index (χ3n) is 4.99. The predicted octanol–water partition coefficient (Wildman–Crippen LogP) is 1.86. The molecule has 4 atom stereocenters. The van der Waals surface area contributed by atoms with E-state index in [9.17, 15) is 4.79 Å². The van der Waals surface area contributed by atoms with Crippen molar-refractivity contribution in [2.75, 3.05) is 27.2 Å². The lowest BCUT2D eigenvalue weighted by Crippen LogP contribution is -2.46. The van der Waals surface area contributed by atoms with Gasteiger partial charge in [0.2, 0.25) is 5.91 Å². The summed E-state index contributed by atoms with van der Waals surface area (Å²) in [6.45, 7) is 1.70. The van der Waals surface area contributed by atoms with Gasteiger partial charge in [-0.2, -0.15) is 0 Å². The van der Waals surface area contributed by atoms with Gasteiger partial charge in [-0.3, -0.25) is 4.79 Å². The van der Waals surface area contributed by atoms with Crippen LogP contribution in [0.1, 0.15) is 30.2 Å². The summed E-state index contributed by atoms with van der Waals surface area (Å²) in [4.78, 5) is 16.0. The lowest BCUT2D eigenvalue weighted by atomic mass is 9.93. The fourth-order valence-electron chi connectivity index (χ4n) is 3.80. The zero-order valence-electron chi connectivity index (χ0n) is 12.8. The van der Waals surface area contributed by atoms with Crippen LogP contribution in [0.4, 0.5) is 0 Å². The number of fused-ring (bicyclic) bond motifs is 1. The van der Waals surface area contributed by atoms with Gasteiger partial charge < -0.3 is 15.5 Å². The number of likely N-dealkylation sites (N-methyl/N-ethyl adjacent to an activating group) is 1. The molecule has 21 heavy (non-hydrogen) atoms. The molecule has 1 aliphatic carbocycles. The molecule has 2 heterocycles. The zero-order chi connectivity index (χ0) is 14.8. The minimum atomic E-state index is 0.0312. The van der Waals surface area contributed by atoms with E-state index in [0.717, 1.165) is 12.5 Å². The number of rotatable bonds is 5. The molecule has 2 aliphatic rings. The van der Waals surface area contributed by atoms with Crippen LogP contribution in [0.25, 0.3) is 0 Å². The molecule has 4 nitrogen and oxygen atoms in total. The van der Waals surface area contributed by atoms with Crippen LogP contribution >= 0.6 is 11.3 Å². The van der Waals surface area contributed by atoms with Gasteiger partial charge in [0, 0.05) is 11.4 Å². The van der Waals surface area contributed by atoms with Crippen LogP contribution in [0.3, 0.4) is 0 Å². The highest BCUT2D eigenvalue weighted by atomic mass is 32.1. The van der Waals surface area contributed by atoms with E-state index in [2.05, 4.69) is 47.1 Å². The number of carbonyl (C=O) groups excluding carboxylic acids is 1. The van der Waals surface area contributed by atoms with E-state index in [1.807, 2.05) is 0 Å². The third-order valence-corrected chi connectivity index (χ3v) is 5.97. The van der Waals surface area contributed by atoms with Gasteiger partial charge in [0.15, 0.2) is 0 Å². The minimum absolute atomic E-state index is 0.0312. The lowest BCUT2D eigenvalue weighted by molar-refractivity contribution is -0.124. The second kappa shape index (κ2) is 6.46. The van der Waals surface area contributed by atoms with Crippen LogP contribution in [0, 0.1) is 11.8 Å². The van der Waals surface area contributed by atoms with Gasteiger partial charge in [0.1, 0.15) is 0 Å². The van der Waals surface area contributed by atoms with Crippen molar-refractivity contribution in [2.24, 2.45) is 11.8 Å². The van der Waals surface area contributed by atoms with Crippen molar-refractivity contribution in [1.29, 1.82) is 0 Å². The Bertz CT molecular complexity index is 474. The molecule has 0 spiro atoms. The smallest absolute Gasteiger partial charge is 0.237 e. The maximum atomic E-state index is 12.5. The summed E-state index contributed by atoms with van der Waals surface area (Å²) in [6.07, 6.45) is 3.78. The number of amides is 1. The molecule has 1 saturated carbocycles. The maximum Gasteiger partial charge on any atom is 0.237 e. The molecular formula is C16H25N3OS. The van der Waals surface area contributed by atoms with Crippen molar-refractivity contribution in [2.45, 2.75) is 31.3 Å². The minimum Gasteiger partial charge on any atom is -0.353 e.